The number of amides is 1. The number of alkyl carbamates (subject to hydrolysis) is 1. The summed E-state index contributed by atoms with van der Waals surface area (Å²) in [5, 5.41) is 22.7. The lowest BCUT2D eigenvalue weighted by molar-refractivity contribution is 0.0126. The first-order chi connectivity index (χ1) is 10.1. The van der Waals surface area contributed by atoms with Gasteiger partial charge in [-0.2, -0.15) is 0 Å². The zero-order valence-electron chi connectivity index (χ0n) is 12.7. The number of hydrogen-bond acceptors (Lipinski definition) is 5. The molecule has 0 heterocycles. The summed E-state index contributed by atoms with van der Waals surface area (Å²) in [4.78, 5) is 22.5. The maximum absolute atomic E-state index is 11.5. The second kappa shape index (κ2) is 7.58. The third-order valence-electron chi connectivity index (χ3n) is 2.71. The standard InChI is InChI=1S/C15H20ClNO5/c1-15(2,3)22-14(21)17-7-12(19)13(20)11-5-4-10(16)6-9(11)8-18/h4-6,8,12-13,19-20H,7H2,1-3H3,(H,17,21). The maximum atomic E-state index is 11.5. The van der Waals surface area contributed by atoms with Crippen molar-refractivity contribution in [2.45, 2.75) is 38.6 Å². The molecule has 1 rings (SSSR count). The minimum Gasteiger partial charge on any atom is -0.444 e. The average Bonchev–Trinajstić information content (AvgIpc) is 2.42. The third-order valence-corrected chi connectivity index (χ3v) is 2.95. The molecule has 0 spiro atoms. The summed E-state index contributed by atoms with van der Waals surface area (Å²) in [6, 6.07) is 4.34. The number of ether oxygens (including phenoxy) is 1. The molecule has 6 nitrogen and oxygen atoms in total. The Kier molecular flexibility index (Phi) is 6.34. The summed E-state index contributed by atoms with van der Waals surface area (Å²) < 4.78 is 5.02. The van der Waals surface area contributed by atoms with Gasteiger partial charge in [0, 0.05) is 17.1 Å². The van der Waals surface area contributed by atoms with Gasteiger partial charge in [-0.3, -0.25) is 4.79 Å². The van der Waals surface area contributed by atoms with E-state index in [0.717, 1.165) is 0 Å². The largest absolute Gasteiger partial charge is 0.444 e. The number of hydrogen-bond donors (Lipinski definition) is 3. The molecular weight excluding hydrogens is 310 g/mol. The van der Waals surface area contributed by atoms with E-state index < -0.39 is 23.9 Å². The monoisotopic (exact) mass is 329 g/mol. The predicted octanol–water partition coefficient (Wildman–Crippen LogP) is 2.07. The molecule has 7 heteroatoms. The highest BCUT2D eigenvalue weighted by Crippen LogP contribution is 2.23. The van der Waals surface area contributed by atoms with E-state index in [1.165, 1.54) is 18.2 Å². The number of carbonyl (C=O) groups is 2. The molecule has 1 aromatic carbocycles. The first-order valence-corrected chi connectivity index (χ1v) is 7.09. The van der Waals surface area contributed by atoms with E-state index in [-0.39, 0.29) is 17.7 Å². The van der Waals surface area contributed by atoms with Crippen LogP contribution in [0.5, 0.6) is 0 Å². The number of aliphatic hydroxyl groups excluding tert-OH is 2. The molecule has 2 unspecified atom stereocenters. The number of aliphatic hydroxyl groups is 2. The van der Waals surface area contributed by atoms with Gasteiger partial charge in [0.2, 0.25) is 0 Å². The van der Waals surface area contributed by atoms with E-state index in [2.05, 4.69) is 5.32 Å². The summed E-state index contributed by atoms with van der Waals surface area (Å²) in [5.41, 5.74) is -0.247. The highest BCUT2D eigenvalue weighted by atomic mass is 35.5. The number of carbonyl (C=O) groups excluding carboxylic acids is 2. The van der Waals surface area contributed by atoms with Crippen molar-refractivity contribution in [3.63, 3.8) is 0 Å². The van der Waals surface area contributed by atoms with Crippen molar-refractivity contribution >= 4 is 24.0 Å². The van der Waals surface area contributed by atoms with Gasteiger partial charge in [0.1, 0.15) is 24.1 Å². The second-order valence-corrected chi connectivity index (χ2v) is 6.22. The van der Waals surface area contributed by atoms with Crippen molar-refractivity contribution in [3.05, 3.63) is 34.3 Å². The van der Waals surface area contributed by atoms with Crippen molar-refractivity contribution < 1.29 is 24.5 Å². The van der Waals surface area contributed by atoms with Gasteiger partial charge in [-0.25, -0.2) is 4.79 Å². The summed E-state index contributed by atoms with van der Waals surface area (Å²) >= 11 is 5.77. The molecule has 2 atom stereocenters. The number of nitrogens with one attached hydrogen (secondary N) is 1. The normalized spacial score (nSPS) is 14.1. The molecule has 122 valence electrons. The fourth-order valence-electron chi connectivity index (χ4n) is 1.74. The SMILES string of the molecule is CC(C)(C)OC(=O)NCC(O)C(O)c1ccc(Cl)cc1C=O. The van der Waals surface area contributed by atoms with Gasteiger partial charge in [0.25, 0.3) is 0 Å². The first-order valence-electron chi connectivity index (χ1n) is 6.71. The Morgan fingerprint density at radius 3 is 2.59 bits per heavy atom. The van der Waals surface area contributed by atoms with Crippen LogP contribution in [-0.4, -0.2) is 40.8 Å². The van der Waals surface area contributed by atoms with Crippen molar-refractivity contribution in [2.24, 2.45) is 0 Å². The molecule has 22 heavy (non-hydrogen) atoms. The minimum atomic E-state index is -1.34. The van der Waals surface area contributed by atoms with Crippen molar-refractivity contribution in [3.8, 4) is 0 Å². The molecule has 0 saturated heterocycles. The number of rotatable bonds is 5. The van der Waals surface area contributed by atoms with Crippen LogP contribution in [0, 0.1) is 0 Å². The predicted molar refractivity (Wildman–Crippen MR) is 82.0 cm³/mol. The topological polar surface area (TPSA) is 95.9 Å². The number of aldehydes is 1. The Morgan fingerprint density at radius 1 is 1.41 bits per heavy atom. The van der Waals surface area contributed by atoms with E-state index >= 15 is 0 Å². The summed E-state index contributed by atoms with van der Waals surface area (Å²) in [6.45, 7) is 4.91. The summed E-state index contributed by atoms with van der Waals surface area (Å²) in [7, 11) is 0. The zero-order chi connectivity index (χ0) is 16.9. The van der Waals surface area contributed by atoms with E-state index in [9.17, 15) is 19.8 Å². The lowest BCUT2D eigenvalue weighted by Gasteiger charge is -2.22. The first kappa shape index (κ1) is 18.4. The van der Waals surface area contributed by atoms with Crippen LogP contribution in [0.1, 0.15) is 42.8 Å². The fourth-order valence-corrected chi connectivity index (χ4v) is 1.92. The third kappa shape index (κ3) is 5.63. The Labute approximate surface area is 134 Å². The van der Waals surface area contributed by atoms with Gasteiger partial charge in [0.05, 0.1) is 0 Å². The van der Waals surface area contributed by atoms with E-state index in [0.29, 0.717) is 11.3 Å². The van der Waals surface area contributed by atoms with Crippen LogP contribution in [0.15, 0.2) is 18.2 Å². The molecule has 0 aliphatic carbocycles. The van der Waals surface area contributed by atoms with Gasteiger partial charge >= 0.3 is 6.09 Å². The fraction of sp³-hybridized carbons (Fsp3) is 0.467. The molecule has 0 aromatic heterocycles. The Balaban J connectivity index is 2.68. The molecule has 0 aliphatic heterocycles. The Hall–Kier alpha value is -1.63. The summed E-state index contributed by atoms with van der Waals surface area (Å²) in [6.07, 6.45) is -2.80. The van der Waals surface area contributed by atoms with Gasteiger partial charge in [-0.05, 0) is 38.5 Å². The Morgan fingerprint density at radius 2 is 2.05 bits per heavy atom. The zero-order valence-corrected chi connectivity index (χ0v) is 13.4. The van der Waals surface area contributed by atoms with Gasteiger partial charge < -0.3 is 20.3 Å². The van der Waals surface area contributed by atoms with Crippen molar-refractivity contribution in [1.82, 2.24) is 5.32 Å². The van der Waals surface area contributed by atoms with Crippen LogP contribution in [0.4, 0.5) is 4.79 Å². The van der Waals surface area contributed by atoms with Gasteiger partial charge in [-0.1, -0.05) is 17.7 Å². The van der Waals surface area contributed by atoms with Gasteiger partial charge in [-0.15, -0.1) is 0 Å². The highest BCUT2D eigenvalue weighted by Gasteiger charge is 2.23. The molecular formula is C15H20ClNO5. The van der Waals surface area contributed by atoms with E-state index in [1.807, 2.05) is 0 Å². The quantitative estimate of drug-likeness (QED) is 0.719. The number of benzene rings is 1. The second-order valence-electron chi connectivity index (χ2n) is 5.79. The average molecular weight is 330 g/mol. The molecule has 1 aromatic rings. The molecule has 0 bridgehead atoms. The minimum absolute atomic E-state index is 0.177. The van der Waals surface area contributed by atoms with Crippen LogP contribution >= 0.6 is 11.6 Å². The van der Waals surface area contributed by atoms with E-state index in [1.54, 1.807) is 20.8 Å². The van der Waals surface area contributed by atoms with E-state index in [4.69, 9.17) is 16.3 Å². The molecule has 3 N–H and O–H groups in total. The molecule has 0 radical (unpaired) electrons. The van der Waals surface area contributed by atoms with Crippen molar-refractivity contribution in [1.29, 1.82) is 0 Å². The highest BCUT2D eigenvalue weighted by molar-refractivity contribution is 6.30. The lowest BCUT2D eigenvalue weighted by atomic mass is 9.99. The molecule has 0 fully saturated rings. The summed E-state index contributed by atoms with van der Waals surface area (Å²) in [5.74, 6) is 0. The van der Waals surface area contributed by atoms with Gasteiger partial charge in [0.15, 0.2) is 0 Å². The van der Waals surface area contributed by atoms with Crippen LogP contribution in [-0.2, 0) is 4.74 Å². The molecule has 0 aliphatic rings. The number of halogens is 1. The lowest BCUT2D eigenvalue weighted by Crippen LogP contribution is -2.39. The van der Waals surface area contributed by atoms with Crippen LogP contribution in [0.2, 0.25) is 5.02 Å². The van der Waals surface area contributed by atoms with Crippen LogP contribution in [0.25, 0.3) is 0 Å². The maximum Gasteiger partial charge on any atom is 0.407 e. The molecule has 1 amide bonds. The smallest absolute Gasteiger partial charge is 0.407 e. The van der Waals surface area contributed by atoms with Crippen LogP contribution < -0.4 is 5.32 Å². The van der Waals surface area contributed by atoms with Crippen molar-refractivity contribution in [2.75, 3.05) is 6.54 Å². The molecule has 0 saturated carbocycles. The Bertz CT molecular complexity index is 541. The van der Waals surface area contributed by atoms with Crippen LogP contribution in [0.3, 0.4) is 0 Å².